The molecule has 178 valence electrons. The van der Waals surface area contributed by atoms with E-state index in [2.05, 4.69) is 25.3 Å². The van der Waals surface area contributed by atoms with Crippen LogP contribution in [0.5, 0.6) is 0 Å². The molecule has 0 radical (unpaired) electrons. The first-order valence-corrected chi connectivity index (χ1v) is 13.0. The minimum absolute atomic E-state index is 0.116. The van der Waals surface area contributed by atoms with E-state index < -0.39 is 0 Å². The van der Waals surface area contributed by atoms with Crippen LogP contribution >= 0.6 is 11.8 Å². The predicted molar refractivity (Wildman–Crippen MR) is 133 cm³/mol. The lowest BCUT2D eigenvalue weighted by molar-refractivity contribution is 0.0623. The summed E-state index contributed by atoms with van der Waals surface area (Å²) in [7, 11) is 0. The molecule has 0 bridgehead atoms. The Balaban J connectivity index is 1.18. The number of tetrazole rings is 1. The quantitative estimate of drug-likeness (QED) is 0.462. The molecule has 9 heteroatoms. The maximum absolute atomic E-state index is 13.4. The Morgan fingerprint density at radius 3 is 2.26 bits per heavy atom. The molecule has 5 rings (SSSR count). The number of likely N-dealkylation sites (tertiary alicyclic amines) is 1. The average molecular weight is 478 g/mol. The highest BCUT2D eigenvalue weighted by Gasteiger charge is 2.24. The number of carbonyl (C=O) groups excluding carboxylic acids is 1. The molecule has 1 aromatic heterocycles. The van der Waals surface area contributed by atoms with Crippen molar-refractivity contribution in [1.82, 2.24) is 34.9 Å². The van der Waals surface area contributed by atoms with Gasteiger partial charge in [0.15, 0.2) is 5.82 Å². The number of benzene rings is 2. The molecular weight excluding hydrogens is 446 g/mol. The summed E-state index contributed by atoms with van der Waals surface area (Å²) in [4.78, 5) is 21.4. The van der Waals surface area contributed by atoms with E-state index in [-0.39, 0.29) is 5.91 Å². The Kier molecular flexibility index (Phi) is 7.52. The van der Waals surface area contributed by atoms with Crippen molar-refractivity contribution in [2.75, 3.05) is 52.4 Å². The highest BCUT2D eigenvalue weighted by atomic mass is 32.2. The van der Waals surface area contributed by atoms with Gasteiger partial charge < -0.3 is 9.80 Å². The summed E-state index contributed by atoms with van der Waals surface area (Å²) in [5.41, 5.74) is 1.69. The van der Waals surface area contributed by atoms with Gasteiger partial charge >= 0.3 is 0 Å². The van der Waals surface area contributed by atoms with Crippen LogP contribution in [0.3, 0.4) is 0 Å². The maximum atomic E-state index is 13.4. The zero-order valence-electron chi connectivity index (χ0n) is 19.4. The standard InChI is InChI=1S/C25H31N7OS/c33-25(31-18-16-30(17-19-31)15-14-29-12-6-7-13-29)22-10-4-5-11-23(22)34-20-24-26-27-28-32(24)21-8-2-1-3-9-21/h1-5,8-11H,6-7,12-20H2. The van der Waals surface area contributed by atoms with Crippen LogP contribution in [0.4, 0.5) is 0 Å². The molecule has 2 aliphatic heterocycles. The van der Waals surface area contributed by atoms with Gasteiger partial charge in [-0.3, -0.25) is 9.69 Å². The number of thioether (sulfide) groups is 1. The number of rotatable bonds is 8. The number of nitrogens with zero attached hydrogens (tertiary/aromatic N) is 7. The summed E-state index contributed by atoms with van der Waals surface area (Å²) in [5.74, 6) is 1.45. The van der Waals surface area contributed by atoms with Crippen molar-refractivity contribution in [2.24, 2.45) is 0 Å². The van der Waals surface area contributed by atoms with Gasteiger partial charge in [-0.15, -0.1) is 16.9 Å². The lowest BCUT2D eigenvalue weighted by Crippen LogP contribution is -2.50. The van der Waals surface area contributed by atoms with E-state index in [0.29, 0.717) is 5.75 Å². The van der Waals surface area contributed by atoms with Gasteiger partial charge in [0.2, 0.25) is 0 Å². The Bertz CT molecular complexity index is 1080. The molecule has 0 aliphatic carbocycles. The normalized spacial score (nSPS) is 17.4. The van der Waals surface area contributed by atoms with Crippen LogP contribution in [0.1, 0.15) is 29.0 Å². The zero-order valence-corrected chi connectivity index (χ0v) is 20.2. The third kappa shape index (κ3) is 5.48. The van der Waals surface area contributed by atoms with Crippen molar-refractivity contribution in [3.63, 3.8) is 0 Å². The highest BCUT2D eigenvalue weighted by molar-refractivity contribution is 7.98. The van der Waals surface area contributed by atoms with E-state index in [4.69, 9.17) is 0 Å². The predicted octanol–water partition coefficient (Wildman–Crippen LogP) is 2.81. The molecule has 34 heavy (non-hydrogen) atoms. The van der Waals surface area contributed by atoms with E-state index >= 15 is 0 Å². The Morgan fingerprint density at radius 1 is 0.824 bits per heavy atom. The van der Waals surface area contributed by atoms with E-state index in [9.17, 15) is 4.79 Å². The molecule has 0 unspecified atom stereocenters. The van der Waals surface area contributed by atoms with Gasteiger partial charge in [-0.25, -0.2) is 0 Å². The van der Waals surface area contributed by atoms with Crippen LogP contribution in [-0.4, -0.2) is 93.2 Å². The summed E-state index contributed by atoms with van der Waals surface area (Å²) >= 11 is 1.60. The van der Waals surface area contributed by atoms with Gasteiger partial charge in [-0.2, -0.15) is 4.68 Å². The monoisotopic (exact) mass is 477 g/mol. The SMILES string of the molecule is O=C(c1ccccc1SCc1nnnn1-c1ccccc1)N1CCN(CCN2CCCC2)CC1. The van der Waals surface area contributed by atoms with Gasteiger partial charge in [0.1, 0.15) is 0 Å². The van der Waals surface area contributed by atoms with Crippen molar-refractivity contribution >= 4 is 17.7 Å². The molecule has 8 nitrogen and oxygen atoms in total. The van der Waals surface area contributed by atoms with Crippen molar-refractivity contribution in [1.29, 1.82) is 0 Å². The van der Waals surface area contributed by atoms with Crippen molar-refractivity contribution < 1.29 is 4.79 Å². The lowest BCUT2D eigenvalue weighted by atomic mass is 10.2. The number of piperazine rings is 1. The van der Waals surface area contributed by atoms with Gasteiger partial charge in [-0.05, 0) is 60.6 Å². The van der Waals surface area contributed by atoms with Crippen LogP contribution in [0, 0.1) is 0 Å². The Labute approximate surface area is 204 Å². The summed E-state index contributed by atoms with van der Waals surface area (Å²) in [6.07, 6.45) is 2.67. The molecule has 3 heterocycles. The molecule has 2 saturated heterocycles. The largest absolute Gasteiger partial charge is 0.336 e. The number of hydrogen-bond donors (Lipinski definition) is 0. The third-order valence-electron chi connectivity index (χ3n) is 6.60. The van der Waals surface area contributed by atoms with Gasteiger partial charge in [0.25, 0.3) is 5.91 Å². The second kappa shape index (κ2) is 11.1. The first kappa shape index (κ1) is 23.0. The molecule has 0 N–H and O–H groups in total. The fourth-order valence-corrected chi connectivity index (χ4v) is 5.56. The molecule has 2 aromatic carbocycles. The number of carbonyl (C=O) groups is 1. The Hall–Kier alpha value is -2.75. The van der Waals surface area contributed by atoms with Crippen molar-refractivity contribution in [2.45, 2.75) is 23.5 Å². The molecule has 0 spiro atoms. The number of para-hydroxylation sites is 1. The van der Waals surface area contributed by atoms with E-state index in [1.807, 2.05) is 59.5 Å². The third-order valence-corrected chi connectivity index (χ3v) is 7.67. The summed E-state index contributed by atoms with van der Waals surface area (Å²) < 4.78 is 1.75. The fraction of sp³-hybridized carbons (Fsp3) is 0.440. The van der Waals surface area contributed by atoms with Gasteiger partial charge in [-0.1, -0.05) is 30.3 Å². The van der Waals surface area contributed by atoms with Gasteiger partial charge in [0.05, 0.1) is 17.0 Å². The van der Waals surface area contributed by atoms with Crippen LogP contribution in [0.25, 0.3) is 5.69 Å². The molecule has 0 atom stereocenters. The van der Waals surface area contributed by atoms with Crippen molar-refractivity contribution in [3.8, 4) is 5.69 Å². The number of hydrogen-bond acceptors (Lipinski definition) is 7. The van der Waals surface area contributed by atoms with E-state index in [1.54, 1.807) is 16.4 Å². The minimum atomic E-state index is 0.116. The molecule has 3 aromatic rings. The number of aromatic nitrogens is 4. The zero-order chi connectivity index (χ0) is 23.2. The summed E-state index contributed by atoms with van der Waals surface area (Å²) in [6.45, 7) is 8.19. The van der Waals surface area contributed by atoms with Gasteiger partial charge in [0, 0.05) is 44.2 Å². The van der Waals surface area contributed by atoms with E-state index in [1.165, 1.54) is 25.9 Å². The first-order valence-electron chi connectivity index (χ1n) is 12.1. The summed E-state index contributed by atoms with van der Waals surface area (Å²) in [5, 5.41) is 12.2. The second-order valence-corrected chi connectivity index (χ2v) is 9.83. The van der Waals surface area contributed by atoms with E-state index in [0.717, 1.165) is 61.2 Å². The maximum Gasteiger partial charge on any atom is 0.255 e. The highest BCUT2D eigenvalue weighted by Crippen LogP contribution is 2.27. The van der Waals surface area contributed by atoms with Crippen molar-refractivity contribution in [3.05, 3.63) is 66.0 Å². The Morgan fingerprint density at radius 2 is 1.50 bits per heavy atom. The molecule has 2 fully saturated rings. The van der Waals surface area contributed by atoms with Crippen LogP contribution < -0.4 is 0 Å². The topological polar surface area (TPSA) is 70.4 Å². The fourth-order valence-electron chi connectivity index (χ4n) is 4.61. The molecule has 0 saturated carbocycles. The minimum Gasteiger partial charge on any atom is -0.336 e. The molecular formula is C25H31N7OS. The van der Waals surface area contributed by atoms with Crippen LogP contribution in [0.15, 0.2) is 59.5 Å². The molecule has 2 aliphatic rings. The van der Waals surface area contributed by atoms with Crippen LogP contribution in [0.2, 0.25) is 0 Å². The van der Waals surface area contributed by atoms with Crippen LogP contribution in [-0.2, 0) is 5.75 Å². The average Bonchev–Trinajstić information content (AvgIpc) is 3.59. The number of amides is 1. The lowest BCUT2D eigenvalue weighted by Gasteiger charge is -2.35. The summed E-state index contributed by atoms with van der Waals surface area (Å²) in [6, 6.07) is 17.7. The second-order valence-electron chi connectivity index (χ2n) is 8.81. The first-order chi connectivity index (χ1) is 16.8. The molecule has 1 amide bonds. The smallest absolute Gasteiger partial charge is 0.255 e.